The van der Waals surface area contributed by atoms with E-state index in [2.05, 4.69) is 12.0 Å². The first-order valence-electron chi connectivity index (χ1n) is 13.2. The van der Waals surface area contributed by atoms with Crippen molar-refractivity contribution in [2.45, 2.75) is 46.2 Å². The van der Waals surface area contributed by atoms with Gasteiger partial charge in [0.15, 0.2) is 0 Å². The standard InChI is InChI=1S/C23H16F3N5O2.C7H14O/c1-14-21(20-10-11-28-31(20)18-8-6-16(13-27)7-9-18)30(15(2)32)22(33)29(14)19-5-3-4-17(12-19)23(24,25)26;1-2-3-7-4-5-8-6-7/h3-12H,1-2H3;7H,2-6H2,1H3. The summed E-state index contributed by atoms with van der Waals surface area (Å²) in [7, 11) is 0. The number of carbonyl (C=O) groups excluding carboxylic acids is 1. The van der Waals surface area contributed by atoms with E-state index in [9.17, 15) is 22.8 Å². The number of hydrogen-bond donors (Lipinski definition) is 0. The predicted octanol–water partition coefficient (Wildman–Crippen LogP) is 6.17. The van der Waals surface area contributed by atoms with Crippen LogP contribution >= 0.6 is 0 Å². The van der Waals surface area contributed by atoms with Crippen molar-refractivity contribution in [1.82, 2.24) is 18.9 Å². The number of nitriles is 1. The van der Waals surface area contributed by atoms with Gasteiger partial charge in [-0.05, 0) is 74.2 Å². The Morgan fingerprint density at radius 3 is 2.46 bits per heavy atom. The summed E-state index contributed by atoms with van der Waals surface area (Å²) in [6, 6.07) is 14.5. The van der Waals surface area contributed by atoms with Crippen molar-refractivity contribution in [2.75, 3.05) is 13.2 Å². The maximum absolute atomic E-state index is 13.2. The first kappa shape index (κ1) is 29.6. The Morgan fingerprint density at radius 2 is 1.88 bits per heavy atom. The number of alkyl halides is 3. The zero-order valence-corrected chi connectivity index (χ0v) is 23.0. The number of benzene rings is 2. The minimum atomic E-state index is -4.59. The molecule has 1 fully saturated rings. The molecule has 41 heavy (non-hydrogen) atoms. The number of halogens is 3. The van der Waals surface area contributed by atoms with E-state index in [4.69, 9.17) is 10.00 Å². The molecule has 1 aliphatic heterocycles. The van der Waals surface area contributed by atoms with Crippen LogP contribution in [0, 0.1) is 24.2 Å². The van der Waals surface area contributed by atoms with Gasteiger partial charge in [0, 0.05) is 20.1 Å². The van der Waals surface area contributed by atoms with Crippen molar-refractivity contribution >= 4 is 5.91 Å². The molecule has 1 aliphatic rings. The van der Waals surface area contributed by atoms with Gasteiger partial charge in [-0.1, -0.05) is 19.4 Å². The Balaban J connectivity index is 0.000000417. The third-order valence-corrected chi connectivity index (χ3v) is 6.88. The summed E-state index contributed by atoms with van der Waals surface area (Å²) in [5, 5.41) is 13.3. The molecule has 0 N–H and O–H groups in total. The smallest absolute Gasteiger partial charge is 0.381 e. The van der Waals surface area contributed by atoms with E-state index in [0.29, 0.717) is 16.9 Å². The fraction of sp³-hybridized carbons (Fsp3) is 0.333. The number of imidazole rings is 1. The first-order chi connectivity index (χ1) is 19.6. The highest BCUT2D eigenvalue weighted by Gasteiger charge is 2.31. The van der Waals surface area contributed by atoms with Gasteiger partial charge in [0.1, 0.15) is 0 Å². The molecule has 1 unspecified atom stereocenters. The Morgan fingerprint density at radius 1 is 1.15 bits per heavy atom. The maximum Gasteiger partial charge on any atom is 0.416 e. The third kappa shape index (κ3) is 6.33. The minimum absolute atomic E-state index is 0.0157. The number of nitrogens with zero attached hydrogens (tertiary/aromatic N) is 5. The lowest BCUT2D eigenvalue weighted by Crippen LogP contribution is -2.27. The molecule has 1 atom stereocenters. The van der Waals surface area contributed by atoms with Crippen LogP contribution in [0.2, 0.25) is 0 Å². The molecule has 5 rings (SSSR count). The van der Waals surface area contributed by atoms with E-state index in [1.165, 1.54) is 49.2 Å². The molecule has 0 radical (unpaired) electrons. The quantitative estimate of drug-likeness (QED) is 0.288. The average Bonchev–Trinajstić information content (AvgIpc) is 3.69. The highest BCUT2D eigenvalue weighted by Crippen LogP contribution is 2.32. The molecular formula is C30H30F3N5O3. The molecule has 2 aromatic heterocycles. The summed E-state index contributed by atoms with van der Waals surface area (Å²) in [6.07, 6.45) is 0.860. The first-order valence-corrected chi connectivity index (χ1v) is 13.2. The van der Waals surface area contributed by atoms with Crippen LogP contribution in [0.15, 0.2) is 65.6 Å². The molecule has 0 spiro atoms. The van der Waals surface area contributed by atoms with Gasteiger partial charge in [0.2, 0.25) is 5.91 Å². The van der Waals surface area contributed by atoms with Crippen molar-refractivity contribution in [1.29, 1.82) is 5.26 Å². The highest BCUT2D eigenvalue weighted by atomic mass is 19.4. The lowest BCUT2D eigenvalue weighted by Gasteiger charge is -2.11. The molecule has 11 heteroatoms. The third-order valence-electron chi connectivity index (χ3n) is 6.88. The second-order valence-electron chi connectivity index (χ2n) is 9.76. The predicted molar refractivity (Wildman–Crippen MR) is 147 cm³/mol. The zero-order chi connectivity index (χ0) is 29.7. The number of hydrogen-bond acceptors (Lipinski definition) is 5. The van der Waals surface area contributed by atoms with Crippen LogP contribution in [0.1, 0.15) is 54.7 Å². The van der Waals surface area contributed by atoms with Crippen molar-refractivity contribution in [3.05, 3.63) is 88.1 Å². The Bertz CT molecular complexity index is 1620. The van der Waals surface area contributed by atoms with E-state index >= 15 is 0 Å². The summed E-state index contributed by atoms with van der Waals surface area (Å²) in [5.41, 5.74) is 0.153. The van der Waals surface area contributed by atoms with Gasteiger partial charge in [-0.15, -0.1) is 0 Å². The van der Waals surface area contributed by atoms with Crippen LogP contribution < -0.4 is 5.69 Å². The topological polar surface area (TPSA) is 94.8 Å². The lowest BCUT2D eigenvalue weighted by molar-refractivity contribution is -0.137. The van der Waals surface area contributed by atoms with Crippen LogP contribution in [0.4, 0.5) is 13.2 Å². The highest BCUT2D eigenvalue weighted by molar-refractivity contribution is 5.82. The van der Waals surface area contributed by atoms with Crippen LogP contribution in [0.5, 0.6) is 0 Å². The summed E-state index contributed by atoms with van der Waals surface area (Å²) >= 11 is 0. The largest absolute Gasteiger partial charge is 0.416 e. The molecule has 214 valence electrons. The van der Waals surface area contributed by atoms with Crippen LogP contribution in [0.25, 0.3) is 22.8 Å². The number of aromatic nitrogens is 4. The summed E-state index contributed by atoms with van der Waals surface area (Å²) < 4.78 is 48.4. The fourth-order valence-electron chi connectivity index (χ4n) is 4.91. The zero-order valence-electron chi connectivity index (χ0n) is 23.0. The van der Waals surface area contributed by atoms with Gasteiger partial charge in [-0.25, -0.2) is 14.0 Å². The molecule has 0 aliphatic carbocycles. The van der Waals surface area contributed by atoms with E-state index in [1.807, 2.05) is 6.07 Å². The van der Waals surface area contributed by atoms with Gasteiger partial charge in [0.25, 0.3) is 0 Å². The van der Waals surface area contributed by atoms with Crippen molar-refractivity contribution in [3.63, 3.8) is 0 Å². The Hall–Kier alpha value is -4.43. The van der Waals surface area contributed by atoms with E-state index < -0.39 is 23.3 Å². The van der Waals surface area contributed by atoms with Crippen molar-refractivity contribution in [2.24, 2.45) is 5.92 Å². The molecular weight excluding hydrogens is 535 g/mol. The van der Waals surface area contributed by atoms with E-state index in [1.54, 1.807) is 37.3 Å². The Labute approximate surface area is 235 Å². The van der Waals surface area contributed by atoms with Gasteiger partial charge in [-0.3, -0.25) is 9.36 Å². The second kappa shape index (κ2) is 12.4. The van der Waals surface area contributed by atoms with Gasteiger partial charge in [0.05, 0.1) is 51.8 Å². The molecule has 3 heterocycles. The normalized spacial score (nSPS) is 14.8. The maximum atomic E-state index is 13.2. The van der Waals surface area contributed by atoms with Gasteiger partial charge >= 0.3 is 11.9 Å². The number of ether oxygens (including phenoxy) is 1. The SMILES string of the molecule is CC(=O)n1c(-c2ccnn2-c2ccc(C#N)cc2)c(C)n(-c2cccc(C(F)(F)F)c2)c1=O.CCCC1CCOC1. The van der Waals surface area contributed by atoms with E-state index in [0.717, 1.165) is 40.4 Å². The lowest BCUT2D eigenvalue weighted by atomic mass is 10.0. The number of carbonyl (C=O) groups is 1. The minimum Gasteiger partial charge on any atom is -0.381 e. The van der Waals surface area contributed by atoms with Crippen LogP contribution in [-0.2, 0) is 10.9 Å². The average molecular weight is 566 g/mol. The molecule has 1 saturated heterocycles. The second-order valence-corrected chi connectivity index (χ2v) is 9.76. The monoisotopic (exact) mass is 565 g/mol. The van der Waals surface area contributed by atoms with Crippen molar-refractivity contribution < 1.29 is 22.7 Å². The molecule has 0 saturated carbocycles. The van der Waals surface area contributed by atoms with E-state index in [-0.39, 0.29) is 17.1 Å². The Kier molecular flexibility index (Phi) is 8.93. The van der Waals surface area contributed by atoms with Crippen LogP contribution in [-0.4, -0.2) is 38.0 Å². The molecule has 0 bridgehead atoms. The van der Waals surface area contributed by atoms with Gasteiger partial charge in [-0.2, -0.15) is 23.5 Å². The summed E-state index contributed by atoms with van der Waals surface area (Å²) in [4.78, 5) is 25.6. The van der Waals surface area contributed by atoms with Crippen LogP contribution in [0.3, 0.4) is 0 Å². The van der Waals surface area contributed by atoms with Gasteiger partial charge < -0.3 is 4.74 Å². The number of rotatable bonds is 5. The molecule has 0 amide bonds. The summed E-state index contributed by atoms with van der Waals surface area (Å²) in [5.74, 6) is 0.288. The molecule has 4 aromatic rings. The molecule has 8 nitrogen and oxygen atoms in total. The van der Waals surface area contributed by atoms with Crippen molar-refractivity contribution in [3.8, 4) is 28.8 Å². The fourth-order valence-corrected chi connectivity index (χ4v) is 4.91. The summed E-state index contributed by atoms with van der Waals surface area (Å²) in [6.45, 7) is 7.01. The molecule has 2 aromatic carbocycles.